The lowest BCUT2D eigenvalue weighted by molar-refractivity contribution is -0.121. The number of carbonyl (C=O) groups is 1. The summed E-state index contributed by atoms with van der Waals surface area (Å²) in [5, 5.41) is 12.9. The van der Waals surface area contributed by atoms with Gasteiger partial charge in [0.1, 0.15) is 5.75 Å². The summed E-state index contributed by atoms with van der Waals surface area (Å²) in [5.74, 6) is 2.54. The van der Waals surface area contributed by atoms with Crippen LogP contribution in [0.15, 0.2) is 90.1 Å². The standard InChI is InChI=1S/C28H30N4O2S/c1-21(22-11-5-3-6-12-22)29-26(33)15-9-10-20-35-28-31-30-27(23-13-7-4-8-14-23)32(28)24-16-18-25(34-2)19-17-24/h3-8,11-14,16-19,21H,9-10,15,20H2,1-2H3,(H,29,33). The number of amides is 1. The van der Waals surface area contributed by atoms with Gasteiger partial charge in [0, 0.05) is 23.4 Å². The van der Waals surface area contributed by atoms with E-state index in [0.717, 1.165) is 52.1 Å². The highest BCUT2D eigenvalue weighted by molar-refractivity contribution is 7.99. The van der Waals surface area contributed by atoms with Crippen molar-refractivity contribution in [2.75, 3.05) is 12.9 Å². The topological polar surface area (TPSA) is 69.0 Å². The average Bonchev–Trinajstić information content (AvgIpc) is 3.33. The predicted octanol–water partition coefficient (Wildman–Crippen LogP) is 6.08. The molecule has 6 nitrogen and oxygen atoms in total. The molecule has 180 valence electrons. The second kappa shape index (κ2) is 12.2. The fourth-order valence-electron chi connectivity index (χ4n) is 3.79. The van der Waals surface area contributed by atoms with Gasteiger partial charge in [-0.15, -0.1) is 10.2 Å². The Hall–Kier alpha value is -3.58. The Labute approximate surface area is 210 Å². The maximum atomic E-state index is 12.4. The van der Waals surface area contributed by atoms with Crippen LogP contribution in [0.25, 0.3) is 17.1 Å². The zero-order valence-electron chi connectivity index (χ0n) is 20.1. The zero-order chi connectivity index (χ0) is 24.5. The first kappa shape index (κ1) is 24.5. The van der Waals surface area contributed by atoms with Gasteiger partial charge >= 0.3 is 0 Å². The van der Waals surface area contributed by atoms with E-state index < -0.39 is 0 Å². The number of ether oxygens (including phenoxy) is 1. The molecule has 4 rings (SSSR count). The Morgan fingerprint density at radius 3 is 2.31 bits per heavy atom. The van der Waals surface area contributed by atoms with Crippen LogP contribution in [0.1, 0.15) is 37.8 Å². The molecule has 0 fully saturated rings. The minimum Gasteiger partial charge on any atom is -0.497 e. The largest absolute Gasteiger partial charge is 0.497 e. The molecule has 0 aliphatic carbocycles. The van der Waals surface area contributed by atoms with Gasteiger partial charge in [-0.3, -0.25) is 9.36 Å². The number of hydrogen-bond acceptors (Lipinski definition) is 5. The minimum absolute atomic E-state index is 0.0116. The SMILES string of the molecule is COc1ccc(-n2c(SCCCCC(=O)NC(C)c3ccccc3)nnc2-c2ccccc2)cc1. The van der Waals surface area contributed by atoms with Crippen molar-refractivity contribution in [2.24, 2.45) is 0 Å². The Balaban J connectivity index is 1.36. The second-order valence-corrected chi connectivity index (χ2v) is 9.27. The molecule has 0 spiro atoms. The van der Waals surface area contributed by atoms with Gasteiger partial charge in [0.2, 0.25) is 5.91 Å². The van der Waals surface area contributed by atoms with Crippen molar-refractivity contribution in [1.82, 2.24) is 20.1 Å². The van der Waals surface area contributed by atoms with Crippen molar-refractivity contribution in [1.29, 1.82) is 0 Å². The van der Waals surface area contributed by atoms with E-state index >= 15 is 0 Å². The van der Waals surface area contributed by atoms with Gasteiger partial charge in [-0.2, -0.15) is 0 Å². The van der Waals surface area contributed by atoms with E-state index in [9.17, 15) is 4.79 Å². The van der Waals surface area contributed by atoms with Crippen molar-refractivity contribution in [2.45, 2.75) is 37.4 Å². The number of unbranched alkanes of at least 4 members (excludes halogenated alkanes) is 1. The molecule has 4 aromatic rings. The molecule has 1 N–H and O–H groups in total. The van der Waals surface area contributed by atoms with Gasteiger partial charge < -0.3 is 10.1 Å². The lowest BCUT2D eigenvalue weighted by Crippen LogP contribution is -2.26. The number of hydrogen-bond donors (Lipinski definition) is 1. The number of nitrogens with one attached hydrogen (secondary N) is 1. The first-order chi connectivity index (χ1) is 17.2. The van der Waals surface area contributed by atoms with Crippen molar-refractivity contribution < 1.29 is 9.53 Å². The summed E-state index contributed by atoms with van der Waals surface area (Å²) in [6.45, 7) is 2.01. The van der Waals surface area contributed by atoms with Crippen LogP contribution >= 0.6 is 11.8 Å². The van der Waals surface area contributed by atoms with Crippen LogP contribution in [0, 0.1) is 0 Å². The van der Waals surface area contributed by atoms with Crippen molar-refractivity contribution in [3.63, 3.8) is 0 Å². The summed E-state index contributed by atoms with van der Waals surface area (Å²) in [4.78, 5) is 12.4. The summed E-state index contributed by atoms with van der Waals surface area (Å²) in [7, 11) is 1.66. The van der Waals surface area contributed by atoms with Gasteiger partial charge in [-0.05, 0) is 49.6 Å². The van der Waals surface area contributed by atoms with Crippen LogP contribution in [0.3, 0.4) is 0 Å². The van der Waals surface area contributed by atoms with Gasteiger partial charge in [0.05, 0.1) is 13.2 Å². The van der Waals surface area contributed by atoms with Gasteiger partial charge in [-0.25, -0.2) is 0 Å². The number of carbonyl (C=O) groups excluding carboxylic acids is 1. The van der Waals surface area contributed by atoms with Crippen LogP contribution in [-0.2, 0) is 4.79 Å². The summed E-state index contributed by atoms with van der Waals surface area (Å²) in [6.07, 6.45) is 2.24. The Kier molecular flexibility index (Phi) is 8.57. The van der Waals surface area contributed by atoms with E-state index in [2.05, 4.69) is 20.1 Å². The summed E-state index contributed by atoms with van der Waals surface area (Å²) >= 11 is 1.66. The van der Waals surface area contributed by atoms with E-state index in [1.807, 2.05) is 91.9 Å². The van der Waals surface area contributed by atoms with Crippen molar-refractivity contribution in [3.05, 3.63) is 90.5 Å². The van der Waals surface area contributed by atoms with Crippen molar-refractivity contribution >= 4 is 17.7 Å². The van der Waals surface area contributed by atoms with E-state index in [0.29, 0.717) is 6.42 Å². The normalized spacial score (nSPS) is 11.7. The maximum Gasteiger partial charge on any atom is 0.220 e. The summed E-state index contributed by atoms with van der Waals surface area (Å²) in [5.41, 5.74) is 3.10. The minimum atomic E-state index is 0.0116. The smallest absolute Gasteiger partial charge is 0.220 e. The molecule has 1 heterocycles. The zero-order valence-corrected chi connectivity index (χ0v) is 20.9. The van der Waals surface area contributed by atoms with Gasteiger partial charge in [-0.1, -0.05) is 72.4 Å². The third-order valence-corrected chi connectivity index (χ3v) is 6.72. The number of rotatable bonds is 11. The van der Waals surface area contributed by atoms with E-state index in [1.54, 1.807) is 18.9 Å². The van der Waals surface area contributed by atoms with Crippen LogP contribution in [-0.4, -0.2) is 33.5 Å². The van der Waals surface area contributed by atoms with Crippen LogP contribution in [0.4, 0.5) is 0 Å². The number of aromatic nitrogens is 3. The Bertz CT molecular complexity index is 1210. The monoisotopic (exact) mass is 486 g/mol. The van der Waals surface area contributed by atoms with Gasteiger partial charge in [0.25, 0.3) is 0 Å². The summed E-state index contributed by atoms with van der Waals surface area (Å²) < 4.78 is 7.39. The third kappa shape index (κ3) is 6.51. The number of benzene rings is 3. The molecule has 7 heteroatoms. The molecular formula is C28H30N4O2S. The molecule has 0 aliphatic rings. The van der Waals surface area contributed by atoms with E-state index in [4.69, 9.17) is 4.74 Å². The predicted molar refractivity (Wildman–Crippen MR) is 141 cm³/mol. The molecule has 0 saturated heterocycles. The molecule has 1 amide bonds. The molecular weight excluding hydrogens is 456 g/mol. The van der Waals surface area contributed by atoms with Crippen LogP contribution in [0.2, 0.25) is 0 Å². The van der Waals surface area contributed by atoms with Crippen molar-refractivity contribution in [3.8, 4) is 22.8 Å². The van der Waals surface area contributed by atoms with Crippen LogP contribution in [0.5, 0.6) is 5.75 Å². The van der Waals surface area contributed by atoms with Crippen LogP contribution < -0.4 is 10.1 Å². The van der Waals surface area contributed by atoms with E-state index in [1.165, 1.54) is 0 Å². The molecule has 0 radical (unpaired) electrons. The third-order valence-electron chi connectivity index (χ3n) is 5.70. The van der Waals surface area contributed by atoms with Gasteiger partial charge in [0.15, 0.2) is 11.0 Å². The highest BCUT2D eigenvalue weighted by Crippen LogP contribution is 2.29. The highest BCUT2D eigenvalue weighted by atomic mass is 32.2. The molecule has 1 unspecified atom stereocenters. The molecule has 0 aliphatic heterocycles. The molecule has 1 atom stereocenters. The number of nitrogens with zero attached hydrogens (tertiary/aromatic N) is 3. The number of thioether (sulfide) groups is 1. The van der Waals surface area contributed by atoms with E-state index in [-0.39, 0.29) is 11.9 Å². The second-order valence-electron chi connectivity index (χ2n) is 8.21. The fourth-order valence-corrected chi connectivity index (χ4v) is 4.74. The quantitative estimate of drug-likeness (QED) is 0.205. The molecule has 0 bridgehead atoms. The first-order valence-corrected chi connectivity index (χ1v) is 12.8. The Morgan fingerprint density at radius 2 is 1.63 bits per heavy atom. The first-order valence-electron chi connectivity index (χ1n) is 11.8. The highest BCUT2D eigenvalue weighted by Gasteiger charge is 2.16. The fraction of sp³-hybridized carbons (Fsp3) is 0.250. The maximum absolute atomic E-state index is 12.4. The molecule has 1 aromatic heterocycles. The lowest BCUT2D eigenvalue weighted by atomic mass is 10.1. The molecule has 3 aromatic carbocycles. The average molecular weight is 487 g/mol. The summed E-state index contributed by atoms with van der Waals surface area (Å²) in [6, 6.07) is 28.0. The number of methoxy groups -OCH3 is 1. The molecule has 35 heavy (non-hydrogen) atoms. The molecule has 0 saturated carbocycles. The Morgan fingerprint density at radius 1 is 0.943 bits per heavy atom. The lowest BCUT2D eigenvalue weighted by Gasteiger charge is -2.14.